The fourth-order valence-electron chi connectivity index (χ4n) is 1.72. The number of amides is 2. The lowest BCUT2D eigenvalue weighted by Crippen LogP contribution is -2.46. The summed E-state index contributed by atoms with van der Waals surface area (Å²) in [6.07, 6.45) is 1.95. The second kappa shape index (κ2) is 6.97. The Labute approximate surface area is 113 Å². The molecule has 1 rings (SSSR count). The Morgan fingerprint density at radius 2 is 1.95 bits per heavy atom. The van der Waals surface area contributed by atoms with Crippen molar-refractivity contribution < 1.29 is 14.0 Å². The van der Waals surface area contributed by atoms with Gasteiger partial charge in [0.15, 0.2) is 0 Å². The molecule has 1 heterocycles. The molecule has 2 amide bonds. The third-order valence-corrected chi connectivity index (χ3v) is 2.91. The summed E-state index contributed by atoms with van der Waals surface area (Å²) in [6, 6.07) is 2.88. The van der Waals surface area contributed by atoms with E-state index in [1.54, 1.807) is 26.2 Å². The van der Waals surface area contributed by atoms with Gasteiger partial charge in [-0.1, -0.05) is 20.8 Å². The molecule has 1 aromatic rings. The van der Waals surface area contributed by atoms with Gasteiger partial charge in [-0.25, -0.2) is 0 Å². The smallest absolute Gasteiger partial charge is 0.242 e. The third-order valence-electron chi connectivity index (χ3n) is 2.91. The average molecular weight is 266 g/mol. The molecule has 19 heavy (non-hydrogen) atoms. The van der Waals surface area contributed by atoms with Crippen LogP contribution in [-0.2, 0) is 9.59 Å². The van der Waals surface area contributed by atoms with E-state index in [0.29, 0.717) is 6.42 Å². The highest BCUT2D eigenvalue weighted by Gasteiger charge is 2.23. The molecule has 0 fully saturated rings. The maximum absolute atomic E-state index is 12.0. The zero-order valence-corrected chi connectivity index (χ0v) is 11.9. The van der Waals surface area contributed by atoms with Crippen molar-refractivity contribution in [2.45, 2.75) is 46.2 Å². The third kappa shape index (κ3) is 4.43. The lowest BCUT2D eigenvalue weighted by atomic mass is 10.0. The Hall–Kier alpha value is -1.78. The first-order valence-electron chi connectivity index (χ1n) is 6.58. The van der Waals surface area contributed by atoms with Gasteiger partial charge in [0.2, 0.25) is 11.8 Å². The molecule has 0 aromatic carbocycles. The molecule has 2 unspecified atom stereocenters. The molecule has 5 heteroatoms. The van der Waals surface area contributed by atoms with E-state index in [1.807, 2.05) is 19.9 Å². The van der Waals surface area contributed by atoms with E-state index in [4.69, 9.17) is 4.42 Å². The van der Waals surface area contributed by atoms with E-state index >= 15 is 0 Å². The van der Waals surface area contributed by atoms with Gasteiger partial charge in [-0.3, -0.25) is 9.59 Å². The summed E-state index contributed by atoms with van der Waals surface area (Å²) in [5.74, 6) is 0.570. The number of hydrogen-bond donors (Lipinski definition) is 2. The Kier molecular flexibility index (Phi) is 5.60. The standard InChI is InChI=1S/C14H22N2O3/c1-5-12(17)15-10(4)14(18)16-13(9(2)3)11-7-6-8-19-11/h6-10,13H,5H2,1-4H3,(H,15,17)(H,16,18). The van der Waals surface area contributed by atoms with Gasteiger partial charge in [0.1, 0.15) is 11.8 Å². The molecule has 2 atom stereocenters. The fraction of sp³-hybridized carbons (Fsp3) is 0.571. The molecular weight excluding hydrogens is 244 g/mol. The van der Waals surface area contributed by atoms with Crippen LogP contribution in [0.1, 0.15) is 45.9 Å². The Morgan fingerprint density at radius 1 is 1.26 bits per heavy atom. The van der Waals surface area contributed by atoms with Gasteiger partial charge in [0, 0.05) is 6.42 Å². The van der Waals surface area contributed by atoms with E-state index < -0.39 is 6.04 Å². The van der Waals surface area contributed by atoms with Crippen molar-refractivity contribution in [3.05, 3.63) is 24.2 Å². The summed E-state index contributed by atoms with van der Waals surface area (Å²) < 4.78 is 5.34. The largest absolute Gasteiger partial charge is 0.467 e. The molecule has 106 valence electrons. The topological polar surface area (TPSA) is 71.3 Å². The Bertz CT molecular complexity index is 412. The molecule has 0 aliphatic carbocycles. The predicted molar refractivity (Wildman–Crippen MR) is 72.3 cm³/mol. The van der Waals surface area contributed by atoms with Crippen LogP contribution in [0.2, 0.25) is 0 Å². The SMILES string of the molecule is CCC(=O)NC(C)C(=O)NC(c1ccco1)C(C)C. The summed E-state index contributed by atoms with van der Waals surface area (Å²) in [5, 5.41) is 5.54. The van der Waals surface area contributed by atoms with Gasteiger partial charge in [-0.05, 0) is 25.0 Å². The lowest BCUT2D eigenvalue weighted by molar-refractivity contribution is -0.129. The summed E-state index contributed by atoms with van der Waals surface area (Å²) in [4.78, 5) is 23.3. The predicted octanol–water partition coefficient (Wildman–Crippen LogP) is 2.01. The van der Waals surface area contributed by atoms with Crippen LogP contribution in [0, 0.1) is 5.92 Å². The number of furan rings is 1. The quantitative estimate of drug-likeness (QED) is 0.827. The van der Waals surface area contributed by atoms with Crippen molar-refractivity contribution in [1.82, 2.24) is 10.6 Å². The van der Waals surface area contributed by atoms with Crippen LogP contribution in [0.25, 0.3) is 0 Å². The monoisotopic (exact) mass is 266 g/mol. The highest BCUT2D eigenvalue weighted by atomic mass is 16.3. The maximum atomic E-state index is 12.0. The van der Waals surface area contributed by atoms with Crippen LogP contribution in [0.4, 0.5) is 0 Å². The summed E-state index contributed by atoms with van der Waals surface area (Å²) in [5.41, 5.74) is 0. The van der Waals surface area contributed by atoms with Crippen LogP contribution in [-0.4, -0.2) is 17.9 Å². The fourth-order valence-corrected chi connectivity index (χ4v) is 1.72. The zero-order chi connectivity index (χ0) is 14.4. The van der Waals surface area contributed by atoms with Gasteiger partial charge in [-0.2, -0.15) is 0 Å². The number of carbonyl (C=O) groups is 2. The number of rotatable bonds is 6. The molecule has 0 radical (unpaired) electrons. The van der Waals surface area contributed by atoms with Crippen molar-refractivity contribution in [1.29, 1.82) is 0 Å². The van der Waals surface area contributed by atoms with Gasteiger partial charge in [0.05, 0.1) is 12.3 Å². The van der Waals surface area contributed by atoms with E-state index in [1.165, 1.54) is 0 Å². The minimum atomic E-state index is -0.552. The van der Waals surface area contributed by atoms with Crippen molar-refractivity contribution >= 4 is 11.8 Å². The Morgan fingerprint density at radius 3 is 2.42 bits per heavy atom. The first kappa shape index (κ1) is 15.3. The first-order chi connectivity index (χ1) is 8.95. The molecule has 2 N–H and O–H groups in total. The minimum Gasteiger partial charge on any atom is -0.467 e. The summed E-state index contributed by atoms with van der Waals surface area (Å²) in [6.45, 7) is 7.42. The maximum Gasteiger partial charge on any atom is 0.242 e. The van der Waals surface area contributed by atoms with Crippen molar-refractivity contribution in [2.24, 2.45) is 5.92 Å². The van der Waals surface area contributed by atoms with Gasteiger partial charge < -0.3 is 15.1 Å². The number of carbonyl (C=O) groups excluding carboxylic acids is 2. The molecule has 0 saturated carbocycles. The van der Waals surface area contributed by atoms with Crippen molar-refractivity contribution in [3.8, 4) is 0 Å². The first-order valence-corrected chi connectivity index (χ1v) is 6.58. The highest BCUT2D eigenvalue weighted by Crippen LogP contribution is 2.21. The second-order valence-electron chi connectivity index (χ2n) is 4.89. The van der Waals surface area contributed by atoms with Gasteiger partial charge >= 0.3 is 0 Å². The summed E-state index contributed by atoms with van der Waals surface area (Å²) >= 11 is 0. The van der Waals surface area contributed by atoms with E-state index in [0.717, 1.165) is 5.76 Å². The average Bonchev–Trinajstić information content (AvgIpc) is 2.88. The number of hydrogen-bond acceptors (Lipinski definition) is 3. The zero-order valence-electron chi connectivity index (χ0n) is 11.9. The van der Waals surface area contributed by atoms with E-state index in [2.05, 4.69) is 10.6 Å². The normalized spacial score (nSPS) is 13.9. The van der Waals surface area contributed by atoms with Crippen LogP contribution in [0.3, 0.4) is 0 Å². The van der Waals surface area contributed by atoms with Crippen LogP contribution < -0.4 is 10.6 Å². The van der Waals surface area contributed by atoms with Gasteiger partial charge in [-0.15, -0.1) is 0 Å². The molecule has 0 aliphatic rings. The van der Waals surface area contributed by atoms with E-state index in [-0.39, 0.29) is 23.8 Å². The van der Waals surface area contributed by atoms with Crippen LogP contribution in [0.5, 0.6) is 0 Å². The minimum absolute atomic E-state index is 0.137. The lowest BCUT2D eigenvalue weighted by Gasteiger charge is -2.22. The van der Waals surface area contributed by atoms with E-state index in [9.17, 15) is 9.59 Å². The highest BCUT2D eigenvalue weighted by molar-refractivity contribution is 5.87. The molecule has 0 aliphatic heterocycles. The molecular formula is C14H22N2O3. The van der Waals surface area contributed by atoms with Crippen molar-refractivity contribution in [2.75, 3.05) is 0 Å². The second-order valence-corrected chi connectivity index (χ2v) is 4.89. The van der Waals surface area contributed by atoms with Crippen molar-refractivity contribution in [3.63, 3.8) is 0 Å². The van der Waals surface area contributed by atoms with Crippen LogP contribution in [0.15, 0.2) is 22.8 Å². The van der Waals surface area contributed by atoms with Gasteiger partial charge in [0.25, 0.3) is 0 Å². The summed E-state index contributed by atoms with van der Waals surface area (Å²) in [7, 11) is 0. The number of nitrogens with one attached hydrogen (secondary N) is 2. The molecule has 0 saturated heterocycles. The Balaban J connectivity index is 2.65. The molecule has 0 spiro atoms. The molecule has 1 aromatic heterocycles. The van der Waals surface area contributed by atoms with Crippen LogP contribution >= 0.6 is 0 Å². The molecule has 5 nitrogen and oxygen atoms in total. The molecule has 0 bridgehead atoms.